The molecule has 1 aromatic heterocycles. The fourth-order valence-electron chi connectivity index (χ4n) is 1.37. The zero-order valence-electron chi connectivity index (χ0n) is 8.60. The highest BCUT2D eigenvalue weighted by molar-refractivity contribution is 5.70. The van der Waals surface area contributed by atoms with E-state index in [4.69, 9.17) is 15.9 Å². The quantitative estimate of drug-likeness (QED) is 0.551. The van der Waals surface area contributed by atoms with E-state index >= 15 is 0 Å². The monoisotopic (exact) mass is 213 g/mol. The molecule has 0 spiro atoms. The summed E-state index contributed by atoms with van der Waals surface area (Å²) in [6.45, 7) is 0.320. The van der Waals surface area contributed by atoms with Crippen LogP contribution in [0.5, 0.6) is 0 Å². The van der Waals surface area contributed by atoms with Crippen LogP contribution in [0.2, 0.25) is 0 Å². The Balaban J connectivity index is 2.53. The molecule has 4 heteroatoms. The van der Waals surface area contributed by atoms with Gasteiger partial charge in [-0.25, -0.2) is 4.98 Å². The summed E-state index contributed by atoms with van der Waals surface area (Å²) in [5.41, 5.74) is 13.4. The molecule has 0 saturated heterocycles. The summed E-state index contributed by atoms with van der Waals surface area (Å²) >= 11 is 0. The summed E-state index contributed by atoms with van der Waals surface area (Å²) in [4.78, 5) is 3.87. The fourth-order valence-corrected chi connectivity index (χ4v) is 1.37. The summed E-state index contributed by atoms with van der Waals surface area (Å²) in [5.74, 6) is 6.42. The summed E-state index contributed by atoms with van der Waals surface area (Å²) in [6.07, 6.45) is 3.00. The van der Waals surface area contributed by atoms with Gasteiger partial charge in [-0.2, -0.15) is 0 Å². The molecule has 0 aliphatic rings. The minimum Gasteiger partial charge on any atom is -0.443 e. The number of hydrogen-bond donors (Lipinski definition) is 2. The van der Waals surface area contributed by atoms with Crippen molar-refractivity contribution in [1.82, 2.24) is 4.98 Å². The fraction of sp³-hybridized carbons (Fsp3) is 0.0833. The van der Waals surface area contributed by atoms with Gasteiger partial charge < -0.3 is 15.9 Å². The van der Waals surface area contributed by atoms with Gasteiger partial charge in [-0.15, -0.1) is 0 Å². The molecule has 16 heavy (non-hydrogen) atoms. The molecule has 0 aliphatic heterocycles. The Hall–Kier alpha value is -2.25. The molecular formula is C12H11N3O. The van der Waals surface area contributed by atoms with Crippen molar-refractivity contribution in [3.8, 4) is 23.2 Å². The summed E-state index contributed by atoms with van der Waals surface area (Å²) in [6, 6.07) is 5.44. The van der Waals surface area contributed by atoms with Crippen molar-refractivity contribution in [3.05, 3.63) is 36.4 Å². The first kappa shape index (κ1) is 10.3. The highest BCUT2D eigenvalue weighted by Crippen LogP contribution is 2.25. The molecule has 0 radical (unpaired) electrons. The molecular weight excluding hydrogens is 202 g/mol. The van der Waals surface area contributed by atoms with Gasteiger partial charge in [0, 0.05) is 16.8 Å². The number of hydrogen-bond acceptors (Lipinski definition) is 4. The van der Waals surface area contributed by atoms with E-state index in [2.05, 4.69) is 16.8 Å². The van der Waals surface area contributed by atoms with Gasteiger partial charge in [0.1, 0.15) is 0 Å². The average Bonchev–Trinajstić information content (AvgIpc) is 2.80. The van der Waals surface area contributed by atoms with E-state index in [-0.39, 0.29) is 0 Å². The molecule has 0 atom stereocenters. The minimum atomic E-state index is 0.320. The lowest BCUT2D eigenvalue weighted by atomic mass is 10.1. The van der Waals surface area contributed by atoms with Crippen LogP contribution < -0.4 is 11.5 Å². The Morgan fingerprint density at radius 3 is 2.94 bits per heavy atom. The number of benzene rings is 1. The summed E-state index contributed by atoms with van der Waals surface area (Å²) in [5, 5.41) is 0. The van der Waals surface area contributed by atoms with Gasteiger partial charge in [-0.3, -0.25) is 0 Å². The number of aromatic nitrogens is 1. The second kappa shape index (κ2) is 4.51. The van der Waals surface area contributed by atoms with Crippen LogP contribution >= 0.6 is 0 Å². The van der Waals surface area contributed by atoms with Crippen molar-refractivity contribution in [2.24, 2.45) is 5.73 Å². The third kappa shape index (κ3) is 2.05. The maximum Gasteiger partial charge on any atom is 0.181 e. The predicted octanol–water partition coefficient (Wildman–Crippen LogP) is 1.23. The van der Waals surface area contributed by atoms with Crippen LogP contribution in [0, 0.1) is 11.8 Å². The maximum atomic E-state index is 5.73. The average molecular weight is 213 g/mol. The normalized spacial score (nSPS) is 9.56. The van der Waals surface area contributed by atoms with Crippen molar-refractivity contribution in [3.63, 3.8) is 0 Å². The van der Waals surface area contributed by atoms with E-state index < -0.39 is 0 Å². The Bertz CT molecular complexity index is 535. The van der Waals surface area contributed by atoms with E-state index in [0.717, 1.165) is 11.1 Å². The molecule has 0 bridgehead atoms. The molecule has 4 nitrogen and oxygen atoms in total. The molecule has 1 aromatic carbocycles. The van der Waals surface area contributed by atoms with Crippen LogP contribution in [-0.4, -0.2) is 11.5 Å². The minimum absolute atomic E-state index is 0.320. The van der Waals surface area contributed by atoms with Crippen LogP contribution in [0.15, 0.2) is 35.2 Å². The lowest BCUT2D eigenvalue weighted by molar-refractivity contribution is 0.572. The van der Waals surface area contributed by atoms with E-state index in [1.807, 2.05) is 6.07 Å². The number of nitrogen functional groups attached to an aromatic ring is 1. The highest BCUT2D eigenvalue weighted by atomic mass is 16.3. The van der Waals surface area contributed by atoms with Gasteiger partial charge in [0.2, 0.25) is 0 Å². The van der Waals surface area contributed by atoms with Crippen LogP contribution in [-0.2, 0) is 0 Å². The molecule has 2 aromatic rings. The standard InChI is InChI=1S/C12H11N3O/c13-5-1-2-9-3-4-10(14)6-11(9)12-7-15-8-16-12/h3-4,6-8H,5,13-14H2. The largest absolute Gasteiger partial charge is 0.443 e. The third-order valence-corrected chi connectivity index (χ3v) is 2.07. The molecule has 0 saturated carbocycles. The first-order chi connectivity index (χ1) is 7.81. The topological polar surface area (TPSA) is 78.1 Å². The summed E-state index contributed by atoms with van der Waals surface area (Å²) < 4.78 is 5.23. The molecule has 2 rings (SSSR count). The van der Waals surface area contributed by atoms with Crippen molar-refractivity contribution >= 4 is 5.69 Å². The predicted molar refractivity (Wildman–Crippen MR) is 62.3 cm³/mol. The number of anilines is 1. The maximum absolute atomic E-state index is 5.73. The zero-order chi connectivity index (χ0) is 11.4. The molecule has 1 heterocycles. The van der Waals surface area contributed by atoms with Gasteiger partial charge >= 0.3 is 0 Å². The smallest absolute Gasteiger partial charge is 0.181 e. The van der Waals surface area contributed by atoms with Crippen molar-refractivity contribution in [2.45, 2.75) is 0 Å². The molecule has 0 amide bonds. The summed E-state index contributed by atoms with van der Waals surface area (Å²) in [7, 11) is 0. The molecule has 0 unspecified atom stereocenters. The molecule has 4 N–H and O–H groups in total. The number of oxazole rings is 1. The SMILES string of the molecule is NCC#Cc1ccc(N)cc1-c1cnco1. The van der Waals surface area contributed by atoms with Gasteiger partial charge in [0.05, 0.1) is 12.7 Å². The lowest BCUT2D eigenvalue weighted by Crippen LogP contribution is -1.94. The van der Waals surface area contributed by atoms with E-state index in [0.29, 0.717) is 18.0 Å². The first-order valence-electron chi connectivity index (χ1n) is 4.78. The second-order valence-electron chi connectivity index (χ2n) is 3.18. The number of nitrogens with two attached hydrogens (primary N) is 2. The van der Waals surface area contributed by atoms with Gasteiger partial charge in [-0.05, 0) is 18.2 Å². The van der Waals surface area contributed by atoms with Crippen molar-refractivity contribution < 1.29 is 4.42 Å². The van der Waals surface area contributed by atoms with E-state index in [1.54, 1.807) is 18.3 Å². The molecule has 80 valence electrons. The molecule has 0 fully saturated rings. The second-order valence-corrected chi connectivity index (χ2v) is 3.18. The van der Waals surface area contributed by atoms with Gasteiger partial charge in [-0.1, -0.05) is 11.8 Å². The van der Waals surface area contributed by atoms with Crippen LogP contribution in [0.25, 0.3) is 11.3 Å². The van der Waals surface area contributed by atoms with Crippen LogP contribution in [0.1, 0.15) is 5.56 Å². The Morgan fingerprint density at radius 1 is 1.38 bits per heavy atom. The highest BCUT2D eigenvalue weighted by Gasteiger charge is 2.06. The Kier molecular flexibility index (Phi) is 2.90. The Morgan fingerprint density at radius 2 is 2.25 bits per heavy atom. The number of nitrogens with zero attached hydrogens (tertiary/aromatic N) is 1. The van der Waals surface area contributed by atoms with Gasteiger partial charge in [0.15, 0.2) is 12.2 Å². The van der Waals surface area contributed by atoms with Crippen LogP contribution in [0.4, 0.5) is 5.69 Å². The van der Waals surface area contributed by atoms with E-state index in [9.17, 15) is 0 Å². The van der Waals surface area contributed by atoms with E-state index in [1.165, 1.54) is 6.39 Å². The lowest BCUT2D eigenvalue weighted by Gasteiger charge is -2.02. The first-order valence-corrected chi connectivity index (χ1v) is 4.78. The number of rotatable bonds is 1. The zero-order valence-corrected chi connectivity index (χ0v) is 8.60. The molecule has 0 aliphatic carbocycles. The third-order valence-electron chi connectivity index (χ3n) is 2.07. The Labute approximate surface area is 93.3 Å². The van der Waals surface area contributed by atoms with Crippen LogP contribution in [0.3, 0.4) is 0 Å². The van der Waals surface area contributed by atoms with Crippen molar-refractivity contribution in [2.75, 3.05) is 12.3 Å². The van der Waals surface area contributed by atoms with Crippen molar-refractivity contribution in [1.29, 1.82) is 0 Å². The van der Waals surface area contributed by atoms with Gasteiger partial charge in [0.25, 0.3) is 0 Å².